The average Bonchev–Trinajstić information content (AvgIpc) is 2.89. The fraction of sp³-hybridized carbons (Fsp3) is 0.231. The molecular formula is C26H21ClF3N3O6. The molecule has 39 heavy (non-hydrogen) atoms. The number of carbonyl (C=O) groups excluding carboxylic acids is 1. The first kappa shape index (κ1) is 29.2. The van der Waals surface area contributed by atoms with Gasteiger partial charge in [0, 0.05) is 35.5 Å². The van der Waals surface area contributed by atoms with E-state index in [1.54, 1.807) is 30.3 Å². The van der Waals surface area contributed by atoms with Gasteiger partial charge in [0.15, 0.2) is 0 Å². The first-order valence-electron chi connectivity index (χ1n) is 11.2. The van der Waals surface area contributed by atoms with Gasteiger partial charge >= 0.3 is 12.1 Å². The molecule has 2 aromatic carbocycles. The number of benzene rings is 2. The van der Waals surface area contributed by atoms with Crippen LogP contribution >= 0.6 is 11.6 Å². The number of methoxy groups -OCH3 is 1. The molecule has 0 aliphatic carbocycles. The van der Waals surface area contributed by atoms with Gasteiger partial charge in [0.2, 0.25) is 0 Å². The van der Waals surface area contributed by atoms with E-state index in [2.05, 4.69) is 10.3 Å². The summed E-state index contributed by atoms with van der Waals surface area (Å²) in [6, 6.07) is 11.5. The van der Waals surface area contributed by atoms with Crippen molar-refractivity contribution in [2.24, 2.45) is 0 Å². The van der Waals surface area contributed by atoms with Crippen LogP contribution in [0.15, 0.2) is 48.7 Å². The molecule has 0 saturated carbocycles. The standard InChI is InChI=1S/C26H21ClF3N3O6/c1-38-21-5-3-2-4-14(21)11-33-25(37)18-8-17(19-12-32-23(26(28,29)30)6-15(19)10-31)20(27)9-22(18)39-13-16(34)7-24(35)36/h2-6,8-9,12,16,34H,7,11,13H2,1H3,(H,33,37)(H,35,36). The number of para-hydroxylation sites is 1. The molecule has 1 unspecified atom stereocenters. The SMILES string of the molecule is COc1ccccc1CNC(=O)c1cc(-c2cnc(C(F)(F)F)cc2C#N)c(Cl)cc1OCC(O)CC(=O)O. The number of carbonyl (C=O) groups is 2. The Labute approximate surface area is 225 Å². The number of halogens is 4. The highest BCUT2D eigenvalue weighted by molar-refractivity contribution is 6.33. The van der Waals surface area contributed by atoms with Crippen LogP contribution in [0.4, 0.5) is 13.2 Å². The third-order valence-electron chi connectivity index (χ3n) is 5.39. The van der Waals surface area contributed by atoms with Crippen LogP contribution in [0.5, 0.6) is 11.5 Å². The lowest BCUT2D eigenvalue weighted by molar-refractivity contribution is -0.141. The smallest absolute Gasteiger partial charge is 0.433 e. The fourth-order valence-corrected chi connectivity index (χ4v) is 3.80. The molecule has 1 aromatic heterocycles. The van der Waals surface area contributed by atoms with Gasteiger partial charge in [-0.15, -0.1) is 0 Å². The number of carboxylic acids is 1. The Kier molecular flexibility index (Phi) is 9.34. The number of carboxylic acid groups (broad SMARTS) is 1. The highest BCUT2D eigenvalue weighted by Gasteiger charge is 2.33. The molecule has 3 aromatic rings. The number of hydrogen-bond donors (Lipinski definition) is 3. The van der Waals surface area contributed by atoms with E-state index < -0.39 is 42.9 Å². The monoisotopic (exact) mass is 563 g/mol. The number of ether oxygens (including phenoxy) is 2. The van der Waals surface area contributed by atoms with E-state index in [1.807, 2.05) is 0 Å². The Hall–Kier alpha value is -4.34. The molecule has 9 nitrogen and oxygen atoms in total. The van der Waals surface area contributed by atoms with E-state index in [9.17, 15) is 33.1 Å². The van der Waals surface area contributed by atoms with Crippen molar-refractivity contribution in [2.75, 3.05) is 13.7 Å². The van der Waals surface area contributed by atoms with E-state index in [4.69, 9.17) is 26.2 Å². The minimum absolute atomic E-state index is 0.0210. The van der Waals surface area contributed by atoms with Crippen molar-refractivity contribution in [1.29, 1.82) is 5.26 Å². The van der Waals surface area contributed by atoms with Crippen molar-refractivity contribution in [3.63, 3.8) is 0 Å². The van der Waals surface area contributed by atoms with Crippen molar-refractivity contribution in [2.45, 2.75) is 25.2 Å². The van der Waals surface area contributed by atoms with Gasteiger partial charge in [0.25, 0.3) is 5.91 Å². The average molecular weight is 564 g/mol. The van der Waals surface area contributed by atoms with Gasteiger partial charge in [-0.3, -0.25) is 14.6 Å². The lowest BCUT2D eigenvalue weighted by Gasteiger charge is -2.17. The molecule has 0 aliphatic heterocycles. The zero-order valence-corrected chi connectivity index (χ0v) is 21.0. The molecule has 0 aliphatic rings. The molecule has 0 spiro atoms. The number of nitrogens with one attached hydrogen (secondary N) is 1. The lowest BCUT2D eigenvalue weighted by Crippen LogP contribution is -2.25. The normalized spacial score (nSPS) is 11.8. The minimum Gasteiger partial charge on any atom is -0.496 e. The zero-order valence-electron chi connectivity index (χ0n) is 20.3. The Morgan fingerprint density at radius 1 is 1.18 bits per heavy atom. The molecule has 13 heteroatoms. The maximum absolute atomic E-state index is 13.2. The second-order valence-corrected chi connectivity index (χ2v) is 8.52. The third-order valence-corrected chi connectivity index (χ3v) is 5.70. The Morgan fingerprint density at radius 2 is 1.90 bits per heavy atom. The summed E-state index contributed by atoms with van der Waals surface area (Å²) in [5.74, 6) is -1.59. The minimum atomic E-state index is -4.79. The number of alkyl halides is 3. The van der Waals surface area contributed by atoms with E-state index in [1.165, 1.54) is 19.2 Å². The quantitative estimate of drug-likeness (QED) is 0.328. The number of aliphatic carboxylic acids is 1. The predicted molar refractivity (Wildman–Crippen MR) is 132 cm³/mol. The topological polar surface area (TPSA) is 142 Å². The number of hydrogen-bond acceptors (Lipinski definition) is 7. The van der Waals surface area contributed by atoms with Crippen molar-refractivity contribution in [3.8, 4) is 28.7 Å². The van der Waals surface area contributed by atoms with Crippen LogP contribution in [0.2, 0.25) is 5.02 Å². The first-order valence-corrected chi connectivity index (χ1v) is 11.6. The number of nitrogens with zero attached hydrogens (tertiary/aromatic N) is 2. The molecule has 0 bridgehead atoms. The summed E-state index contributed by atoms with van der Waals surface area (Å²) in [4.78, 5) is 27.5. The van der Waals surface area contributed by atoms with E-state index in [0.717, 1.165) is 6.20 Å². The number of rotatable bonds is 10. The molecule has 1 heterocycles. The lowest BCUT2D eigenvalue weighted by atomic mass is 9.98. The maximum Gasteiger partial charge on any atom is 0.433 e. The predicted octanol–water partition coefficient (Wildman–Crippen LogP) is 4.45. The Balaban J connectivity index is 2.03. The summed E-state index contributed by atoms with van der Waals surface area (Å²) in [7, 11) is 1.46. The first-order chi connectivity index (χ1) is 18.4. The molecule has 204 valence electrons. The highest BCUT2D eigenvalue weighted by atomic mass is 35.5. The summed E-state index contributed by atoms with van der Waals surface area (Å²) in [5.41, 5.74) is -1.20. The van der Waals surface area contributed by atoms with Crippen molar-refractivity contribution in [3.05, 3.63) is 76.1 Å². The summed E-state index contributed by atoms with van der Waals surface area (Å²) in [6.45, 7) is -0.479. The molecule has 3 N–H and O–H groups in total. The van der Waals surface area contributed by atoms with Crippen molar-refractivity contribution >= 4 is 23.5 Å². The molecule has 1 amide bonds. The van der Waals surface area contributed by atoms with Crippen LogP contribution < -0.4 is 14.8 Å². The van der Waals surface area contributed by atoms with Gasteiger partial charge in [0.1, 0.15) is 23.8 Å². The van der Waals surface area contributed by atoms with Gasteiger partial charge in [0.05, 0.1) is 41.9 Å². The molecule has 0 radical (unpaired) electrons. The third kappa shape index (κ3) is 7.37. The van der Waals surface area contributed by atoms with Crippen molar-refractivity contribution in [1.82, 2.24) is 10.3 Å². The number of aromatic nitrogens is 1. The summed E-state index contributed by atoms with van der Waals surface area (Å²) < 4.78 is 50.1. The van der Waals surface area contributed by atoms with E-state index in [-0.39, 0.29) is 39.6 Å². The highest BCUT2D eigenvalue weighted by Crippen LogP contribution is 2.37. The number of nitriles is 1. The second-order valence-electron chi connectivity index (χ2n) is 8.11. The fourth-order valence-electron chi connectivity index (χ4n) is 3.54. The molecular weight excluding hydrogens is 543 g/mol. The Morgan fingerprint density at radius 3 is 2.54 bits per heavy atom. The van der Waals surface area contributed by atoms with Crippen LogP contribution in [-0.2, 0) is 17.5 Å². The zero-order chi connectivity index (χ0) is 28.7. The van der Waals surface area contributed by atoms with Crippen molar-refractivity contribution < 1.29 is 42.4 Å². The van der Waals surface area contributed by atoms with E-state index in [0.29, 0.717) is 17.4 Å². The van der Waals surface area contributed by atoms with Gasteiger partial charge in [-0.25, -0.2) is 0 Å². The van der Waals surface area contributed by atoms with Gasteiger partial charge in [-0.1, -0.05) is 29.8 Å². The van der Waals surface area contributed by atoms with E-state index >= 15 is 0 Å². The van der Waals surface area contributed by atoms with Gasteiger partial charge < -0.3 is 25.0 Å². The van der Waals surface area contributed by atoms with Crippen LogP contribution in [0, 0.1) is 11.3 Å². The molecule has 0 saturated heterocycles. The Bertz CT molecular complexity index is 1430. The van der Waals surface area contributed by atoms with Crippen LogP contribution in [0.1, 0.15) is 33.6 Å². The molecule has 0 fully saturated rings. The van der Waals surface area contributed by atoms with Crippen LogP contribution in [0.25, 0.3) is 11.1 Å². The van der Waals surface area contributed by atoms with Crippen LogP contribution in [0.3, 0.4) is 0 Å². The summed E-state index contributed by atoms with van der Waals surface area (Å²) in [5, 5.41) is 30.8. The van der Waals surface area contributed by atoms with Gasteiger partial charge in [-0.2, -0.15) is 18.4 Å². The largest absolute Gasteiger partial charge is 0.496 e. The van der Waals surface area contributed by atoms with Crippen LogP contribution in [-0.4, -0.2) is 46.9 Å². The number of aliphatic hydroxyl groups is 1. The number of pyridine rings is 1. The number of aliphatic hydroxyl groups excluding tert-OH is 1. The molecule has 3 rings (SSSR count). The second kappa shape index (κ2) is 12.5. The number of amides is 1. The summed E-state index contributed by atoms with van der Waals surface area (Å²) >= 11 is 6.37. The molecule has 1 atom stereocenters. The summed E-state index contributed by atoms with van der Waals surface area (Å²) in [6.07, 6.45) is -5.98. The maximum atomic E-state index is 13.2. The van der Waals surface area contributed by atoms with Gasteiger partial charge in [-0.05, 0) is 18.2 Å².